The van der Waals surface area contributed by atoms with Gasteiger partial charge in [-0.3, -0.25) is 0 Å². The lowest BCUT2D eigenvalue weighted by atomic mass is 9.73. The van der Waals surface area contributed by atoms with Gasteiger partial charge in [0.1, 0.15) is 0 Å². The van der Waals surface area contributed by atoms with E-state index in [1.807, 2.05) is 0 Å². The van der Waals surface area contributed by atoms with Gasteiger partial charge in [0, 0.05) is 74.5 Å². The second-order valence-corrected chi connectivity index (χ2v) is 23.9. The number of rotatable bonds is 10. The predicted octanol–water partition coefficient (Wildman–Crippen LogP) is 21.1. The minimum atomic E-state index is -0.267. The van der Waals surface area contributed by atoms with Crippen LogP contribution in [0.2, 0.25) is 0 Å². The molecule has 4 heteroatoms. The Morgan fingerprint density at radius 2 is 0.679 bits per heavy atom. The van der Waals surface area contributed by atoms with Crippen molar-refractivity contribution in [2.45, 2.75) is 64.7 Å². The Bertz CT molecular complexity index is 4230. The molecule has 0 radical (unpaired) electrons. The molecule has 0 atom stereocenters. The summed E-state index contributed by atoms with van der Waals surface area (Å²) in [4.78, 5) is 9.61. The predicted molar refractivity (Wildman–Crippen MR) is 342 cm³/mol. The Balaban J connectivity index is 0.852. The van der Waals surface area contributed by atoms with Crippen LogP contribution in [-0.2, 0) is 16.2 Å². The average Bonchev–Trinajstić information content (AvgIpc) is 4.16. The molecule has 0 aromatic heterocycles. The third kappa shape index (κ3) is 8.02. The van der Waals surface area contributed by atoms with E-state index in [0.717, 1.165) is 56.6 Å². The first kappa shape index (κ1) is 49.9. The van der Waals surface area contributed by atoms with Gasteiger partial charge >= 0.3 is 0 Å². The molecule has 0 fully saturated rings. The topological polar surface area (TPSA) is 13.0 Å². The smallest absolute Gasteiger partial charge is 0.0504 e. The number of aryl methyl sites for hydroxylation is 1. The van der Waals surface area contributed by atoms with Crippen LogP contribution >= 0.6 is 0 Å². The van der Waals surface area contributed by atoms with Gasteiger partial charge in [0.2, 0.25) is 0 Å². The summed E-state index contributed by atoms with van der Waals surface area (Å²) in [7, 11) is 2.15. The van der Waals surface area contributed by atoms with Crippen LogP contribution in [0.1, 0.15) is 80.5 Å². The van der Waals surface area contributed by atoms with Crippen LogP contribution < -0.4 is 19.6 Å². The van der Waals surface area contributed by atoms with Gasteiger partial charge in [-0.05, 0) is 195 Å². The van der Waals surface area contributed by atoms with Crippen molar-refractivity contribution in [3.05, 3.63) is 294 Å². The SMILES string of the molecule is Cc1cc(N(c2ccc(-c3ccc(N(c4ccc5c(c4)C(C)(C)c4ccccc4-5)c4ccc5c(c4)C(C)(C)c4ccccc4N5c4ccccc4)cc3)cc2)c2ccc3c(c2)C(C)(C)c2ccccc2-3)ccc1N(C)c1ccccc1. The van der Waals surface area contributed by atoms with Crippen molar-refractivity contribution in [1.29, 1.82) is 0 Å². The molecule has 0 bridgehead atoms. The normalized spacial score (nSPS) is 14.4. The summed E-state index contributed by atoms with van der Waals surface area (Å²) < 4.78 is 0. The van der Waals surface area contributed by atoms with E-state index >= 15 is 0 Å². The fourth-order valence-corrected chi connectivity index (χ4v) is 13.8. The van der Waals surface area contributed by atoms with E-state index in [0.29, 0.717) is 0 Å². The summed E-state index contributed by atoms with van der Waals surface area (Å²) in [5.41, 5.74) is 28.9. The molecular weight excluding hydrogens is 981 g/mol. The van der Waals surface area contributed by atoms with Gasteiger partial charge in [0.15, 0.2) is 0 Å². The molecule has 2 aliphatic carbocycles. The van der Waals surface area contributed by atoms with Gasteiger partial charge in [-0.25, -0.2) is 0 Å². The van der Waals surface area contributed by atoms with Crippen molar-refractivity contribution in [3.8, 4) is 33.4 Å². The molecule has 394 valence electrons. The zero-order valence-corrected chi connectivity index (χ0v) is 47.5. The van der Waals surface area contributed by atoms with E-state index in [-0.39, 0.29) is 16.2 Å². The van der Waals surface area contributed by atoms with Crippen LogP contribution in [0.5, 0.6) is 0 Å². The lowest BCUT2D eigenvalue weighted by Crippen LogP contribution is -2.31. The van der Waals surface area contributed by atoms with E-state index in [2.05, 4.69) is 330 Å². The van der Waals surface area contributed by atoms with Crippen LogP contribution in [0.25, 0.3) is 33.4 Å². The highest BCUT2D eigenvalue weighted by Crippen LogP contribution is 2.56. The van der Waals surface area contributed by atoms with Crippen molar-refractivity contribution in [1.82, 2.24) is 0 Å². The zero-order valence-electron chi connectivity index (χ0n) is 47.5. The first-order chi connectivity index (χ1) is 39.3. The van der Waals surface area contributed by atoms with Gasteiger partial charge < -0.3 is 19.6 Å². The maximum atomic E-state index is 2.47. The molecule has 0 saturated heterocycles. The van der Waals surface area contributed by atoms with E-state index in [1.54, 1.807) is 0 Å². The minimum Gasteiger partial charge on any atom is -0.344 e. The molecule has 81 heavy (non-hydrogen) atoms. The fraction of sp³-hybridized carbons (Fsp3) is 0.143. The number of para-hydroxylation sites is 3. The summed E-state index contributed by atoms with van der Waals surface area (Å²) >= 11 is 0. The van der Waals surface area contributed by atoms with Crippen LogP contribution in [0, 0.1) is 6.92 Å². The molecule has 1 aliphatic heterocycles. The highest BCUT2D eigenvalue weighted by atomic mass is 15.2. The molecule has 0 amide bonds. The second kappa shape index (κ2) is 18.9. The highest BCUT2D eigenvalue weighted by Gasteiger charge is 2.40. The lowest BCUT2D eigenvalue weighted by Gasteiger charge is -2.42. The minimum absolute atomic E-state index is 0.132. The van der Waals surface area contributed by atoms with Gasteiger partial charge in [-0.2, -0.15) is 0 Å². The first-order valence-electron chi connectivity index (χ1n) is 28.6. The van der Waals surface area contributed by atoms with E-state index < -0.39 is 0 Å². The molecule has 0 spiro atoms. The van der Waals surface area contributed by atoms with Crippen molar-refractivity contribution >= 4 is 62.6 Å². The lowest BCUT2D eigenvalue weighted by molar-refractivity contribution is 0.632. The highest BCUT2D eigenvalue weighted by molar-refractivity contribution is 5.92. The standard InChI is InChI=1S/C77H66N4/c1-51-47-58(41-45-72(51)78(8)54-21-11-9-12-22-54)79(59-39-43-64-62-25-15-17-27-66(62)75(2,3)69(64)48-59)56-35-31-52(32-36-56)53-33-37-57(38-34-53)80(60-40-44-65-63-26-16-18-28-67(63)76(4,5)70(65)49-60)61-42-46-74-71(50-61)77(6,7)68-29-19-20-30-73(68)81(74)55-23-13-10-14-24-55/h9-50H,1-8H3. The van der Waals surface area contributed by atoms with Crippen molar-refractivity contribution in [2.75, 3.05) is 26.6 Å². The van der Waals surface area contributed by atoms with E-state index in [4.69, 9.17) is 0 Å². The summed E-state index contributed by atoms with van der Waals surface area (Å²) in [5.74, 6) is 0. The Hall–Kier alpha value is -9.38. The Kier molecular flexibility index (Phi) is 11.6. The number of hydrogen-bond acceptors (Lipinski definition) is 4. The number of anilines is 11. The van der Waals surface area contributed by atoms with E-state index in [1.165, 1.54) is 78.3 Å². The third-order valence-electron chi connectivity index (χ3n) is 18.2. The van der Waals surface area contributed by atoms with E-state index in [9.17, 15) is 0 Å². The number of nitrogens with zero attached hydrogens (tertiary/aromatic N) is 4. The molecular formula is C77H66N4. The largest absolute Gasteiger partial charge is 0.344 e. The van der Waals surface area contributed by atoms with Crippen LogP contribution in [0.15, 0.2) is 255 Å². The summed E-state index contributed by atoms with van der Waals surface area (Å²) in [6.07, 6.45) is 0. The Morgan fingerprint density at radius 1 is 0.296 bits per heavy atom. The molecule has 4 nitrogen and oxygen atoms in total. The molecule has 0 unspecified atom stereocenters. The maximum Gasteiger partial charge on any atom is 0.0504 e. The van der Waals surface area contributed by atoms with Crippen LogP contribution in [0.4, 0.5) is 62.6 Å². The summed E-state index contributed by atoms with van der Waals surface area (Å²) in [5, 5.41) is 0. The Morgan fingerprint density at radius 3 is 1.21 bits per heavy atom. The fourth-order valence-electron chi connectivity index (χ4n) is 13.8. The summed E-state index contributed by atoms with van der Waals surface area (Å²) in [6.45, 7) is 16.4. The van der Waals surface area contributed by atoms with Gasteiger partial charge in [0.25, 0.3) is 0 Å². The molecule has 11 aromatic rings. The molecule has 14 rings (SSSR count). The van der Waals surface area contributed by atoms with Gasteiger partial charge in [-0.1, -0.05) is 181 Å². The summed E-state index contributed by atoms with van der Waals surface area (Å²) in [6, 6.07) is 94.7. The number of benzene rings is 11. The molecule has 11 aromatic carbocycles. The molecule has 3 aliphatic rings. The number of fused-ring (bicyclic) bond motifs is 8. The van der Waals surface area contributed by atoms with Crippen molar-refractivity contribution < 1.29 is 0 Å². The molecule has 0 saturated carbocycles. The quantitative estimate of drug-likeness (QED) is 0.135. The molecule has 1 heterocycles. The second-order valence-electron chi connectivity index (χ2n) is 23.9. The third-order valence-corrected chi connectivity index (χ3v) is 18.2. The Labute approximate surface area is 478 Å². The van der Waals surface area contributed by atoms with Crippen molar-refractivity contribution in [3.63, 3.8) is 0 Å². The monoisotopic (exact) mass is 1050 g/mol. The van der Waals surface area contributed by atoms with Crippen molar-refractivity contribution in [2.24, 2.45) is 0 Å². The maximum absolute atomic E-state index is 2.47. The van der Waals surface area contributed by atoms with Crippen LogP contribution in [0.3, 0.4) is 0 Å². The van der Waals surface area contributed by atoms with Gasteiger partial charge in [0.05, 0.1) is 11.4 Å². The zero-order chi connectivity index (χ0) is 55.4. The first-order valence-corrected chi connectivity index (χ1v) is 28.6. The molecule has 0 N–H and O–H groups in total. The van der Waals surface area contributed by atoms with Crippen LogP contribution in [-0.4, -0.2) is 7.05 Å². The number of hydrogen-bond donors (Lipinski definition) is 0. The van der Waals surface area contributed by atoms with Gasteiger partial charge in [-0.15, -0.1) is 0 Å². The average molecular weight is 1050 g/mol.